The minimum absolute atomic E-state index is 0.285. The standard InChI is InChI=1S/C16H28O2/c1-5-7-9-11-15(12-10-8-6-2)13-14(3)16(17)18-4/h11H,3,5-10,12-13H2,1-2,4H3/b15-11-. The zero-order valence-electron chi connectivity index (χ0n) is 12.3. The Bertz CT molecular complexity index is 277. The van der Waals surface area contributed by atoms with E-state index in [1.807, 2.05) is 0 Å². The summed E-state index contributed by atoms with van der Waals surface area (Å²) in [6.45, 7) is 8.20. The fourth-order valence-electron chi connectivity index (χ4n) is 1.87. The highest BCUT2D eigenvalue weighted by atomic mass is 16.5. The second kappa shape index (κ2) is 11.1. The quantitative estimate of drug-likeness (QED) is 0.241. The van der Waals surface area contributed by atoms with E-state index in [1.54, 1.807) is 0 Å². The molecule has 0 aromatic rings. The van der Waals surface area contributed by atoms with Gasteiger partial charge in [-0.1, -0.05) is 57.8 Å². The summed E-state index contributed by atoms with van der Waals surface area (Å²) in [5, 5.41) is 0. The molecule has 0 aliphatic heterocycles. The van der Waals surface area contributed by atoms with Crippen molar-refractivity contribution in [2.24, 2.45) is 0 Å². The number of allylic oxidation sites excluding steroid dienone is 2. The van der Waals surface area contributed by atoms with Crippen LogP contribution < -0.4 is 0 Å². The van der Waals surface area contributed by atoms with Gasteiger partial charge in [-0.3, -0.25) is 0 Å². The third-order valence-corrected chi connectivity index (χ3v) is 3.01. The zero-order chi connectivity index (χ0) is 13.8. The first-order chi connectivity index (χ1) is 8.65. The molecule has 0 aliphatic carbocycles. The average molecular weight is 252 g/mol. The van der Waals surface area contributed by atoms with Crippen molar-refractivity contribution in [2.75, 3.05) is 7.11 Å². The Labute approximate surface area is 112 Å². The average Bonchev–Trinajstić information content (AvgIpc) is 2.37. The fourth-order valence-corrected chi connectivity index (χ4v) is 1.87. The van der Waals surface area contributed by atoms with Crippen molar-refractivity contribution >= 4 is 5.97 Å². The molecule has 104 valence electrons. The van der Waals surface area contributed by atoms with E-state index in [9.17, 15) is 4.79 Å². The van der Waals surface area contributed by atoms with Gasteiger partial charge in [-0.2, -0.15) is 0 Å². The van der Waals surface area contributed by atoms with Crippen LogP contribution in [-0.4, -0.2) is 13.1 Å². The minimum atomic E-state index is -0.285. The molecule has 0 aromatic heterocycles. The molecule has 2 heteroatoms. The molecule has 18 heavy (non-hydrogen) atoms. The van der Waals surface area contributed by atoms with Crippen LogP contribution in [0, 0.1) is 0 Å². The van der Waals surface area contributed by atoms with Crippen molar-refractivity contribution in [1.29, 1.82) is 0 Å². The maximum Gasteiger partial charge on any atom is 0.333 e. The maximum absolute atomic E-state index is 11.4. The van der Waals surface area contributed by atoms with Gasteiger partial charge in [-0.15, -0.1) is 0 Å². The number of hydrogen-bond acceptors (Lipinski definition) is 2. The van der Waals surface area contributed by atoms with Gasteiger partial charge in [0.1, 0.15) is 0 Å². The number of hydrogen-bond donors (Lipinski definition) is 0. The highest BCUT2D eigenvalue weighted by molar-refractivity contribution is 5.88. The summed E-state index contributed by atoms with van der Waals surface area (Å²) in [5.41, 5.74) is 1.91. The van der Waals surface area contributed by atoms with E-state index in [4.69, 9.17) is 4.74 Å². The monoisotopic (exact) mass is 252 g/mol. The number of unbranched alkanes of at least 4 members (excludes halogenated alkanes) is 4. The Morgan fingerprint density at radius 1 is 1.17 bits per heavy atom. The van der Waals surface area contributed by atoms with Crippen LogP contribution >= 0.6 is 0 Å². The van der Waals surface area contributed by atoms with Crippen molar-refractivity contribution in [1.82, 2.24) is 0 Å². The van der Waals surface area contributed by atoms with Crippen LogP contribution in [0.15, 0.2) is 23.8 Å². The second-order valence-electron chi connectivity index (χ2n) is 4.73. The molecule has 0 atom stereocenters. The largest absolute Gasteiger partial charge is 0.466 e. The van der Waals surface area contributed by atoms with E-state index in [0.29, 0.717) is 12.0 Å². The molecule has 0 radical (unpaired) electrons. The predicted octanol–water partition coefficient (Wildman–Crippen LogP) is 4.80. The van der Waals surface area contributed by atoms with Gasteiger partial charge in [-0.05, 0) is 25.7 Å². The molecular formula is C16H28O2. The molecule has 0 heterocycles. The molecule has 2 nitrogen and oxygen atoms in total. The molecule has 0 aliphatic rings. The van der Waals surface area contributed by atoms with Crippen molar-refractivity contribution in [3.63, 3.8) is 0 Å². The van der Waals surface area contributed by atoms with Gasteiger partial charge < -0.3 is 4.74 Å². The summed E-state index contributed by atoms with van der Waals surface area (Å²) >= 11 is 0. The van der Waals surface area contributed by atoms with E-state index in [-0.39, 0.29) is 5.97 Å². The Morgan fingerprint density at radius 2 is 1.83 bits per heavy atom. The van der Waals surface area contributed by atoms with Crippen LogP contribution in [0.25, 0.3) is 0 Å². The van der Waals surface area contributed by atoms with Gasteiger partial charge in [0.15, 0.2) is 0 Å². The van der Waals surface area contributed by atoms with Gasteiger partial charge in [0.25, 0.3) is 0 Å². The molecule has 0 saturated carbocycles. The highest BCUT2D eigenvalue weighted by Gasteiger charge is 2.09. The number of carbonyl (C=O) groups is 1. The van der Waals surface area contributed by atoms with Crippen LogP contribution in [0.5, 0.6) is 0 Å². The lowest BCUT2D eigenvalue weighted by molar-refractivity contribution is -0.136. The molecule has 0 spiro atoms. The molecule has 0 fully saturated rings. The molecule has 0 N–H and O–H groups in total. The summed E-state index contributed by atoms with van der Waals surface area (Å²) in [5.74, 6) is -0.285. The van der Waals surface area contributed by atoms with Crippen molar-refractivity contribution in [3.8, 4) is 0 Å². The Balaban J connectivity index is 4.31. The van der Waals surface area contributed by atoms with Crippen LogP contribution in [-0.2, 0) is 9.53 Å². The first-order valence-corrected chi connectivity index (χ1v) is 7.09. The smallest absolute Gasteiger partial charge is 0.333 e. The molecule has 0 bridgehead atoms. The third kappa shape index (κ3) is 8.10. The number of esters is 1. The maximum atomic E-state index is 11.4. The van der Waals surface area contributed by atoms with E-state index >= 15 is 0 Å². The minimum Gasteiger partial charge on any atom is -0.466 e. The second-order valence-corrected chi connectivity index (χ2v) is 4.73. The lowest BCUT2D eigenvalue weighted by Gasteiger charge is -2.09. The van der Waals surface area contributed by atoms with Crippen LogP contribution in [0.2, 0.25) is 0 Å². The van der Waals surface area contributed by atoms with Gasteiger partial charge in [0.05, 0.1) is 7.11 Å². The molecule has 0 saturated heterocycles. The van der Waals surface area contributed by atoms with Gasteiger partial charge >= 0.3 is 5.97 Å². The van der Waals surface area contributed by atoms with E-state index in [2.05, 4.69) is 26.5 Å². The van der Waals surface area contributed by atoms with E-state index in [0.717, 1.165) is 12.8 Å². The van der Waals surface area contributed by atoms with Gasteiger partial charge in [0, 0.05) is 5.57 Å². The summed E-state index contributed by atoms with van der Waals surface area (Å²) in [6.07, 6.45) is 11.2. The zero-order valence-corrected chi connectivity index (χ0v) is 12.3. The van der Waals surface area contributed by atoms with Crippen molar-refractivity contribution in [2.45, 2.75) is 65.2 Å². The fraction of sp³-hybridized carbons (Fsp3) is 0.688. The van der Waals surface area contributed by atoms with Crippen LogP contribution in [0.3, 0.4) is 0 Å². The lowest BCUT2D eigenvalue weighted by atomic mass is 9.99. The molecule has 0 unspecified atom stereocenters. The molecular weight excluding hydrogens is 224 g/mol. The number of rotatable bonds is 10. The van der Waals surface area contributed by atoms with E-state index in [1.165, 1.54) is 44.8 Å². The van der Waals surface area contributed by atoms with Crippen molar-refractivity contribution < 1.29 is 9.53 Å². The Morgan fingerprint density at radius 3 is 2.39 bits per heavy atom. The van der Waals surface area contributed by atoms with Gasteiger partial charge in [0.2, 0.25) is 0 Å². The third-order valence-electron chi connectivity index (χ3n) is 3.01. The van der Waals surface area contributed by atoms with Crippen molar-refractivity contribution in [3.05, 3.63) is 23.8 Å². The number of ether oxygens (including phenoxy) is 1. The Hall–Kier alpha value is -1.05. The molecule has 0 rings (SSSR count). The van der Waals surface area contributed by atoms with Crippen LogP contribution in [0.4, 0.5) is 0 Å². The number of methoxy groups -OCH3 is 1. The first kappa shape index (κ1) is 16.9. The summed E-state index contributed by atoms with van der Waals surface area (Å²) in [6, 6.07) is 0. The highest BCUT2D eigenvalue weighted by Crippen LogP contribution is 2.19. The summed E-state index contributed by atoms with van der Waals surface area (Å²) < 4.78 is 4.70. The van der Waals surface area contributed by atoms with E-state index < -0.39 is 0 Å². The summed E-state index contributed by atoms with van der Waals surface area (Å²) in [4.78, 5) is 11.4. The van der Waals surface area contributed by atoms with Crippen LogP contribution in [0.1, 0.15) is 65.2 Å². The molecule has 0 amide bonds. The first-order valence-electron chi connectivity index (χ1n) is 7.09. The SMILES string of the molecule is C=C(C/C(=C\CCCC)CCCCC)C(=O)OC. The predicted molar refractivity (Wildman–Crippen MR) is 77.5 cm³/mol. The lowest BCUT2D eigenvalue weighted by Crippen LogP contribution is -2.04. The van der Waals surface area contributed by atoms with Gasteiger partial charge in [-0.25, -0.2) is 4.79 Å². The summed E-state index contributed by atoms with van der Waals surface area (Å²) in [7, 11) is 1.41. The Kier molecular flexibility index (Phi) is 10.4. The molecule has 0 aromatic carbocycles. The topological polar surface area (TPSA) is 26.3 Å². The number of carbonyl (C=O) groups excluding carboxylic acids is 1. The normalized spacial score (nSPS) is 11.4.